The summed E-state index contributed by atoms with van der Waals surface area (Å²) in [6.45, 7) is 4.62. The van der Waals surface area contributed by atoms with Crippen LogP contribution in [0.4, 0.5) is 0 Å². The van der Waals surface area contributed by atoms with Crippen LogP contribution in [0.3, 0.4) is 0 Å². The Kier molecular flexibility index (Phi) is 6.33. The molecule has 2 saturated heterocycles. The highest BCUT2D eigenvalue weighted by molar-refractivity contribution is 6.42. The van der Waals surface area contributed by atoms with Gasteiger partial charge < -0.3 is 19.5 Å². The summed E-state index contributed by atoms with van der Waals surface area (Å²) >= 11 is 11.9. The molecule has 8 heteroatoms. The van der Waals surface area contributed by atoms with Crippen LogP contribution in [0.15, 0.2) is 18.2 Å². The van der Waals surface area contributed by atoms with Crippen molar-refractivity contribution in [1.29, 1.82) is 0 Å². The number of aliphatic hydroxyl groups excluding tert-OH is 1. The van der Waals surface area contributed by atoms with Gasteiger partial charge in [0.15, 0.2) is 6.61 Å². The molecule has 3 aliphatic rings. The first kappa shape index (κ1) is 20.2. The first-order valence-electron chi connectivity index (χ1n) is 9.86. The zero-order valence-electron chi connectivity index (χ0n) is 15.7. The normalized spacial score (nSPS) is 30.9. The van der Waals surface area contributed by atoms with E-state index in [1.165, 1.54) is 0 Å². The van der Waals surface area contributed by atoms with Crippen molar-refractivity contribution in [3.05, 3.63) is 28.2 Å². The Balaban J connectivity index is 1.31. The minimum absolute atomic E-state index is 0.0210. The van der Waals surface area contributed by atoms with Crippen LogP contribution in [0, 0.1) is 11.8 Å². The number of amides is 1. The summed E-state index contributed by atoms with van der Waals surface area (Å²) in [5.41, 5.74) is 0. The van der Waals surface area contributed by atoms with Crippen LogP contribution in [0.1, 0.15) is 12.8 Å². The van der Waals surface area contributed by atoms with E-state index in [1.54, 1.807) is 18.2 Å². The van der Waals surface area contributed by atoms with Gasteiger partial charge in [0.25, 0.3) is 5.91 Å². The van der Waals surface area contributed by atoms with E-state index < -0.39 is 0 Å². The summed E-state index contributed by atoms with van der Waals surface area (Å²) in [5, 5.41) is 11.5. The summed E-state index contributed by atoms with van der Waals surface area (Å²) in [5.74, 6) is 1.30. The number of nitrogens with zero attached hydrogens (tertiary/aromatic N) is 2. The van der Waals surface area contributed by atoms with Crippen molar-refractivity contribution in [2.75, 3.05) is 46.0 Å². The number of ether oxygens (including phenoxy) is 2. The molecule has 1 aromatic rings. The van der Waals surface area contributed by atoms with Crippen LogP contribution in [0.5, 0.6) is 5.75 Å². The van der Waals surface area contributed by atoms with Crippen LogP contribution in [-0.2, 0) is 9.53 Å². The van der Waals surface area contributed by atoms with E-state index in [2.05, 4.69) is 4.90 Å². The number of morpholine rings is 1. The van der Waals surface area contributed by atoms with E-state index >= 15 is 0 Å². The van der Waals surface area contributed by atoms with Crippen molar-refractivity contribution in [1.82, 2.24) is 9.80 Å². The number of hydrogen-bond acceptors (Lipinski definition) is 5. The van der Waals surface area contributed by atoms with E-state index in [0.29, 0.717) is 34.2 Å². The van der Waals surface area contributed by atoms with Crippen molar-refractivity contribution < 1.29 is 19.4 Å². The van der Waals surface area contributed by atoms with E-state index in [-0.39, 0.29) is 24.7 Å². The SMILES string of the molecule is O=C(COc1ccc(Cl)c(Cl)c1)N1C[C@H]2C[C@@H](N3CCOCC3)[C@H](O)C[C@H]2C1. The molecular weight excluding hydrogens is 403 g/mol. The number of carbonyl (C=O) groups excluding carboxylic acids is 1. The Bertz CT molecular complexity index is 713. The summed E-state index contributed by atoms with van der Waals surface area (Å²) < 4.78 is 11.0. The lowest BCUT2D eigenvalue weighted by molar-refractivity contribution is -0.132. The number of likely N-dealkylation sites (tertiary alicyclic amines) is 1. The summed E-state index contributed by atoms with van der Waals surface area (Å²) in [6.07, 6.45) is 1.36. The van der Waals surface area contributed by atoms with Crippen LogP contribution in [0.25, 0.3) is 0 Å². The topological polar surface area (TPSA) is 62.2 Å². The highest BCUT2D eigenvalue weighted by Crippen LogP contribution is 2.38. The van der Waals surface area contributed by atoms with Crippen molar-refractivity contribution in [2.24, 2.45) is 11.8 Å². The third-order valence-corrected chi connectivity index (χ3v) is 6.97. The molecule has 0 aromatic heterocycles. The fraction of sp³-hybridized carbons (Fsp3) is 0.650. The Labute approximate surface area is 175 Å². The molecule has 3 fully saturated rings. The third-order valence-electron chi connectivity index (χ3n) is 6.23. The molecule has 6 nitrogen and oxygen atoms in total. The van der Waals surface area contributed by atoms with Crippen LogP contribution in [-0.4, -0.2) is 79.0 Å². The fourth-order valence-corrected chi connectivity index (χ4v) is 5.00. The quantitative estimate of drug-likeness (QED) is 0.796. The molecule has 28 heavy (non-hydrogen) atoms. The van der Waals surface area contributed by atoms with Crippen molar-refractivity contribution in [3.8, 4) is 5.75 Å². The van der Waals surface area contributed by atoms with Gasteiger partial charge in [0.1, 0.15) is 5.75 Å². The molecule has 2 heterocycles. The standard InChI is InChI=1S/C20H26Cl2N2O4/c21-16-2-1-15(9-17(16)22)28-12-20(26)24-10-13-7-18(19(25)8-14(13)11-24)23-3-5-27-6-4-23/h1-2,9,13-14,18-19,25H,3-8,10-12H2/t13-,14+,18-,19-/m1/s1. The average Bonchev–Trinajstić information content (AvgIpc) is 3.11. The lowest BCUT2D eigenvalue weighted by atomic mass is 9.77. The average molecular weight is 429 g/mol. The van der Waals surface area contributed by atoms with Gasteiger partial charge in [-0.1, -0.05) is 23.2 Å². The second-order valence-electron chi connectivity index (χ2n) is 7.94. The molecule has 4 atom stereocenters. The summed E-state index contributed by atoms with van der Waals surface area (Å²) in [6, 6.07) is 5.15. The zero-order chi connectivity index (χ0) is 19.7. The highest BCUT2D eigenvalue weighted by Gasteiger charge is 2.44. The van der Waals surface area contributed by atoms with E-state index in [4.69, 9.17) is 32.7 Å². The first-order valence-corrected chi connectivity index (χ1v) is 10.6. The molecule has 0 radical (unpaired) electrons. The van der Waals surface area contributed by atoms with Gasteiger partial charge in [0.2, 0.25) is 0 Å². The minimum atomic E-state index is -0.332. The molecule has 0 unspecified atom stereocenters. The highest BCUT2D eigenvalue weighted by atomic mass is 35.5. The second-order valence-corrected chi connectivity index (χ2v) is 8.75. The van der Waals surface area contributed by atoms with Gasteiger partial charge in [-0.2, -0.15) is 0 Å². The lowest BCUT2D eigenvalue weighted by Crippen LogP contribution is -2.53. The smallest absolute Gasteiger partial charge is 0.260 e. The van der Waals surface area contributed by atoms with Gasteiger partial charge in [-0.15, -0.1) is 0 Å². The molecule has 1 aromatic carbocycles. The molecule has 1 aliphatic carbocycles. The maximum absolute atomic E-state index is 12.6. The Morgan fingerprint density at radius 1 is 1.14 bits per heavy atom. The van der Waals surface area contributed by atoms with E-state index in [1.807, 2.05) is 4.90 Å². The number of fused-ring (bicyclic) bond motifs is 1. The van der Waals surface area contributed by atoms with Gasteiger partial charge in [0, 0.05) is 38.3 Å². The molecule has 4 rings (SSSR count). The van der Waals surface area contributed by atoms with Gasteiger partial charge in [-0.05, 0) is 36.8 Å². The first-order chi connectivity index (χ1) is 13.5. The molecule has 154 valence electrons. The van der Waals surface area contributed by atoms with Crippen LogP contribution < -0.4 is 4.74 Å². The van der Waals surface area contributed by atoms with E-state index in [0.717, 1.165) is 45.7 Å². The van der Waals surface area contributed by atoms with E-state index in [9.17, 15) is 9.90 Å². The van der Waals surface area contributed by atoms with Crippen LogP contribution >= 0.6 is 23.2 Å². The zero-order valence-corrected chi connectivity index (χ0v) is 17.2. The van der Waals surface area contributed by atoms with Gasteiger partial charge in [-0.25, -0.2) is 0 Å². The number of halogens is 2. The van der Waals surface area contributed by atoms with Crippen molar-refractivity contribution >= 4 is 29.1 Å². The minimum Gasteiger partial charge on any atom is -0.484 e. The predicted octanol–water partition coefficient (Wildman–Crippen LogP) is 2.30. The molecule has 0 spiro atoms. The summed E-state index contributed by atoms with van der Waals surface area (Å²) in [4.78, 5) is 16.9. The van der Waals surface area contributed by atoms with Crippen molar-refractivity contribution in [2.45, 2.75) is 25.0 Å². The Hall–Kier alpha value is -1.05. The van der Waals surface area contributed by atoms with Gasteiger partial charge >= 0.3 is 0 Å². The van der Waals surface area contributed by atoms with Gasteiger partial charge in [0.05, 0.1) is 29.4 Å². The Morgan fingerprint density at radius 3 is 2.57 bits per heavy atom. The molecule has 0 bridgehead atoms. The molecule has 1 amide bonds. The maximum atomic E-state index is 12.6. The monoisotopic (exact) mass is 428 g/mol. The third kappa shape index (κ3) is 4.41. The maximum Gasteiger partial charge on any atom is 0.260 e. The summed E-state index contributed by atoms with van der Waals surface area (Å²) in [7, 11) is 0. The lowest BCUT2D eigenvalue weighted by Gasteiger charge is -2.43. The number of carbonyl (C=O) groups is 1. The molecule has 2 aliphatic heterocycles. The number of benzene rings is 1. The largest absolute Gasteiger partial charge is 0.484 e. The second kappa shape index (κ2) is 8.76. The predicted molar refractivity (Wildman–Crippen MR) is 107 cm³/mol. The molecule has 1 saturated carbocycles. The number of aliphatic hydroxyl groups is 1. The molecular formula is C20H26Cl2N2O4. The number of rotatable bonds is 4. The van der Waals surface area contributed by atoms with Gasteiger partial charge in [-0.3, -0.25) is 9.69 Å². The van der Waals surface area contributed by atoms with Crippen molar-refractivity contribution in [3.63, 3.8) is 0 Å². The fourth-order valence-electron chi connectivity index (χ4n) is 4.72. The molecule has 1 N–H and O–H groups in total. The number of hydrogen-bond donors (Lipinski definition) is 1. The van der Waals surface area contributed by atoms with Crippen LogP contribution in [0.2, 0.25) is 10.0 Å². The Morgan fingerprint density at radius 2 is 1.86 bits per heavy atom.